The SMILES string of the molecule is C=CCn1c(SCC(=O)Nc2sc3c(c2C#N)CCC(C)C3)nnc1-c1ccccc1OCC. The second-order valence-corrected chi connectivity index (χ2v) is 10.2. The minimum absolute atomic E-state index is 0.159. The number of allylic oxidation sites excluding steroid dienone is 1. The fraction of sp³-hybridized carbons (Fsp3) is 0.360. The van der Waals surface area contributed by atoms with Gasteiger partial charge in [0.2, 0.25) is 5.91 Å². The second-order valence-electron chi connectivity index (χ2n) is 8.14. The van der Waals surface area contributed by atoms with E-state index in [1.54, 1.807) is 6.08 Å². The van der Waals surface area contributed by atoms with Crippen LogP contribution in [-0.4, -0.2) is 33.0 Å². The van der Waals surface area contributed by atoms with Crippen LogP contribution in [0.5, 0.6) is 5.75 Å². The molecule has 9 heteroatoms. The number of anilines is 1. The summed E-state index contributed by atoms with van der Waals surface area (Å²) in [6.07, 6.45) is 4.72. The Bertz CT molecular complexity index is 1240. The van der Waals surface area contributed by atoms with E-state index in [2.05, 4.69) is 35.1 Å². The minimum Gasteiger partial charge on any atom is -0.493 e. The summed E-state index contributed by atoms with van der Waals surface area (Å²) in [5.41, 5.74) is 2.57. The zero-order chi connectivity index (χ0) is 24.1. The fourth-order valence-electron chi connectivity index (χ4n) is 4.07. The second kappa shape index (κ2) is 10.9. The first-order valence-electron chi connectivity index (χ1n) is 11.3. The normalized spacial score (nSPS) is 14.8. The van der Waals surface area contributed by atoms with Gasteiger partial charge in [0.05, 0.1) is 23.5 Å². The van der Waals surface area contributed by atoms with E-state index in [1.165, 1.54) is 28.0 Å². The van der Waals surface area contributed by atoms with Crippen molar-refractivity contribution in [2.24, 2.45) is 5.92 Å². The molecule has 0 saturated heterocycles. The monoisotopic (exact) mass is 493 g/mol. The number of ether oxygens (including phenoxy) is 1. The predicted octanol–water partition coefficient (Wildman–Crippen LogP) is 5.32. The number of fused-ring (bicyclic) bond motifs is 1. The quantitative estimate of drug-likeness (QED) is 0.320. The van der Waals surface area contributed by atoms with Crippen molar-refractivity contribution in [1.82, 2.24) is 14.8 Å². The summed E-state index contributed by atoms with van der Waals surface area (Å²) < 4.78 is 7.68. The van der Waals surface area contributed by atoms with Gasteiger partial charge in [0, 0.05) is 11.4 Å². The lowest BCUT2D eigenvalue weighted by molar-refractivity contribution is -0.113. The standard InChI is InChI=1S/C25H27N5O2S2/c1-4-12-30-23(18-8-6-7-9-20(18)32-5-2)28-29-25(30)33-15-22(31)27-24-19(14-26)17-11-10-16(3)13-21(17)34-24/h4,6-9,16H,1,5,10-13,15H2,2-3H3,(H,27,31). The molecule has 1 amide bonds. The van der Waals surface area contributed by atoms with E-state index < -0.39 is 0 Å². The summed E-state index contributed by atoms with van der Waals surface area (Å²) >= 11 is 2.84. The number of thioether (sulfide) groups is 1. The number of hydrogen-bond donors (Lipinski definition) is 1. The largest absolute Gasteiger partial charge is 0.493 e. The number of nitrogens with one attached hydrogen (secondary N) is 1. The van der Waals surface area contributed by atoms with Gasteiger partial charge in [0.25, 0.3) is 0 Å². The zero-order valence-corrected chi connectivity index (χ0v) is 21.0. The Hall–Kier alpha value is -3.09. The van der Waals surface area contributed by atoms with Gasteiger partial charge in [-0.2, -0.15) is 5.26 Å². The van der Waals surface area contributed by atoms with Crippen LogP contribution < -0.4 is 10.1 Å². The maximum Gasteiger partial charge on any atom is 0.235 e. The van der Waals surface area contributed by atoms with E-state index in [0.717, 1.165) is 36.1 Å². The molecular formula is C25H27N5O2S2. The van der Waals surface area contributed by atoms with Crippen molar-refractivity contribution in [3.8, 4) is 23.2 Å². The number of benzene rings is 1. The van der Waals surface area contributed by atoms with Gasteiger partial charge in [-0.3, -0.25) is 9.36 Å². The Balaban J connectivity index is 1.50. The molecule has 0 bridgehead atoms. The van der Waals surface area contributed by atoms with Crippen LogP contribution in [0, 0.1) is 17.2 Å². The first-order chi connectivity index (χ1) is 16.5. The van der Waals surface area contributed by atoms with E-state index >= 15 is 0 Å². The number of nitrogens with zero attached hydrogens (tertiary/aromatic N) is 4. The van der Waals surface area contributed by atoms with Gasteiger partial charge in [0.15, 0.2) is 11.0 Å². The number of nitriles is 1. The summed E-state index contributed by atoms with van der Waals surface area (Å²) in [7, 11) is 0. The molecule has 1 atom stereocenters. The smallest absolute Gasteiger partial charge is 0.235 e. The van der Waals surface area contributed by atoms with Crippen molar-refractivity contribution in [1.29, 1.82) is 5.26 Å². The Morgan fingerprint density at radius 1 is 1.44 bits per heavy atom. The Morgan fingerprint density at radius 2 is 2.26 bits per heavy atom. The lowest BCUT2D eigenvalue weighted by Gasteiger charge is -2.17. The third-order valence-electron chi connectivity index (χ3n) is 5.67. The molecule has 0 spiro atoms. The summed E-state index contributed by atoms with van der Waals surface area (Å²) in [5.74, 6) is 2.00. The lowest BCUT2D eigenvalue weighted by atomic mass is 9.89. The predicted molar refractivity (Wildman–Crippen MR) is 136 cm³/mol. The van der Waals surface area contributed by atoms with Gasteiger partial charge in [-0.1, -0.05) is 36.9 Å². The zero-order valence-electron chi connectivity index (χ0n) is 19.3. The highest BCUT2D eigenvalue weighted by molar-refractivity contribution is 7.99. The first-order valence-corrected chi connectivity index (χ1v) is 13.1. The van der Waals surface area contributed by atoms with Crippen molar-refractivity contribution in [2.75, 3.05) is 17.7 Å². The molecule has 4 rings (SSSR count). The average Bonchev–Trinajstić information content (AvgIpc) is 3.38. The summed E-state index contributed by atoms with van der Waals surface area (Å²) in [4.78, 5) is 14.0. The first kappa shape index (κ1) is 24.0. The van der Waals surface area contributed by atoms with E-state index in [1.807, 2.05) is 35.8 Å². The maximum absolute atomic E-state index is 12.8. The summed E-state index contributed by atoms with van der Waals surface area (Å²) in [5, 5.41) is 22.6. The van der Waals surface area contributed by atoms with Crippen LogP contribution in [0.1, 0.15) is 36.3 Å². The maximum atomic E-state index is 12.8. The van der Waals surface area contributed by atoms with E-state index in [4.69, 9.17) is 4.74 Å². The molecule has 7 nitrogen and oxygen atoms in total. The third-order valence-corrected chi connectivity index (χ3v) is 7.80. The van der Waals surface area contributed by atoms with Crippen LogP contribution in [0.3, 0.4) is 0 Å². The average molecular weight is 494 g/mol. The van der Waals surface area contributed by atoms with Crippen LogP contribution in [-0.2, 0) is 24.2 Å². The van der Waals surface area contributed by atoms with Gasteiger partial charge in [-0.05, 0) is 49.8 Å². The van der Waals surface area contributed by atoms with Gasteiger partial charge < -0.3 is 10.1 Å². The van der Waals surface area contributed by atoms with Crippen LogP contribution in [0.4, 0.5) is 5.00 Å². The molecule has 0 fully saturated rings. The van der Waals surface area contributed by atoms with Crippen molar-refractivity contribution in [3.63, 3.8) is 0 Å². The number of amides is 1. The highest BCUT2D eigenvalue weighted by atomic mass is 32.2. The molecule has 1 aromatic carbocycles. The fourth-order valence-corrected chi connectivity index (χ4v) is 6.20. The van der Waals surface area contributed by atoms with Crippen molar-refractivity contribution < 1.29 is 9.53 Å². The molecule has 1 N–H and O–H groups in total. The molecule has 176 valence electrons. The molecule has 0 radical (unpaired) electrons. The lowest BCUT2D eigenvalue weighted by Crippen LogP contribution is -2.15. The number of rotatable bonds is 9. The molecule has 1 aliphatic rings. The topological polar surface area (TPSA) is 92.8 Å². The van der Waals surface area contributed by atoms with Crippen LogP contribution in [0.25, 0.3) is 11.4 Å². The number of carbonyl (C=O) groups excluding carboxylic acids is 1. The summed E-state index contributed by atoms with van der Waals surface area (Å²) in [6.45, 7) is 9.06. The Morgan fingerprint density at radius 3 is 3.03 bits per heavy atom. The summed E-state index contributed by atoms with van der Waals surface area (Å²) in [6, 6.07) is 9.99. The molecule has 2 aromatic heterocycles. The highest BCUT2D eigenvalue weighted by Gasteiger charge is 2.25. The van der Waals surface area contributed by atoms with Gasteiger partial charge >= 0.3 is 0 Å². The van der Waals surface area contributed by atoms with Crippen LogP contribution in [0.2, 0.25) is 0 Å². The molecule has 34 heavy (non-hydrogen) atoms. The van der Waals surface area contributed by atoms with Crippen molar-refractivity contribution in [3.05, 3.63) is 52.9 Å². The van der Waals surface area contributed by atoms with E-state index in [-0.39, 0.29) is 11.7 Å². The van der Waals surface area contributed by atoms with Gasteiger partial charge in [-0.15, -0.1) is 28.1 Å². The number of thiophene rings is 1. The van der Waals surface area contributed by atoms with Gasteiger partial charge in [-0.25, -0.2) is 0 Å². The van der Waals surface area contributed by atoms with Crippen molar-refractivity contribution in [2.45, 2.75) is 44.8 Å². The molecular weight excluding hydrogens is 466 g/mol. The minimum atomic E-state index is -0.169. The third kappa shape index (κ3) is 5.03. The van der Waals surface area contributed by atoms with E-state index in [0.29, 0.717) is 40.6 Å². The number of aromatic nitrogens is 3. The Labute approximate surface area is 207 Å². The molecule has 0 saturated carbocycles. The molecule has 1 unspecified atom stereocenters. The number of carbonyl (C=O) groups is 1. The van der Waals surface area contributed by atoms with Crippen LogP contribution in [0.15, 0.2) is 42.1 Å². The molecule has 3 aromatic rings. The van der Waals surface area contributed by atoms with Crippen molar-refractivity contribution >= 4 is 34.0 Å². The molecule has 0 aliphatic heterocycles. The van der Waals surface area contributed by atoms with E-state index in [9.17, 15) is 10.1 Å². The number of para-hydroxylation sites is 1. The van der Waals surface area contributed by atoms with Gasteiger partial charge in [0.1, 0.15) is 16.8 Å². The van der Waals surface area contributed by atoms with Crippen LogP contribution >= 0.6 is 23.1 Å². The number of hydrogen-bond acceptors (Lipinski definition) is 7. The molecule has 2 heterocycles. The highest BCUT2D eigenvalue weighted by Crippen LogP contribution is 2.39. The molecule has 1 aliphatic carbocycles. The Kier molecular flexibility index (Phi) is 7.70.